The molecule has 4 N–H and O–H groups in total. The molecule has 1 aliphatic carbocycles. The Morgan fingerprint density at radius 1 is 0.606 bits per heavy atom. The minimum atomic E-state index is -0.721. The van der Waals surface area contributed by atoms with Gasteiger partial charge in [-0.3, -0.25) is 9.80 Å². The van der Waals surface area contributed by atoms with Crippen LogP contribution < -0.4 is 11.5 Å². The number of hydrogen-bond acceptors (Lipinski definition) is 5. The molecule has 0 aromatic carbocycles. The van der Waals surface area contributed by atoms with E-state index in [0.29, 0.717) is 31.1 Å². The van der Waals surface area contributed by atoms with Crippen molar-refractivity contribution in [1.82, 2.24) is 14.7 Å². The Morgan fingerprint density at radius 2 is 1.18 bits per heavy atom. The van der Waals surface area contributed by atoms with Crippen molar-refractivity contribution in [2.75, 3.05) is 39.3 Å². The molecule has 0 spiro atoms. The number of nitrogens with zero attached hydrogens (tertiary/aromatic N) is 3. The Hall–Kier alpha value is -0.270. The van der Waals surface area contributed by atoms with Gasteiger partial charge in [0.05, 0.1) is 0 Å². The number of halogens is 1. The Labute approximate surface area is 204 Å². The quantitative estimate of drug-likeness (QED) is 0.652. The van der Waals surface area contributed by atoms with Crippen LogP contribution in [0.4, 0.5) is 4.39 Å². The van der Waals surface area contributed by atoms with Gasteiger partial charge >= 0.3 is 0 Å². The fourth-order valence-corrected chi connectivity index (χ4v) is 5.97. The van der Waals surface area contributed by atoms with Crippen LogP contribution in [-0.4, -0.2) is 90.3 Å². The molecule has 4 aliphatic rings. The van der Waals surface area contributed by atoms with Crippen LogP contribution in [0.2, 0.25) is 0 Å². The molecule has 4 rings (SSSR count). The zero-order valence-corrected chi connectivity index (χ0v) is 22.7. The van der Waals surface area contributed by atoms with Crippen molar-refractivity contribution in [3.8, 4) is 0 Å². The van der Waals surface area contributed by atoms with Gasteiger partial charge in [-0.15, -0.1) is 0 Å². The van der Waals surface area contributed by atoms with Gasteiger partial charge in [0.1, 0.15) is 6.17 Å². The average molecular weight is 470 g/mol. The largest absolute Gasteiger partial charge is 0.327 e. The van der Waals surface area contributed by atoms with E-state index in [1.807, 2.05) is 0 Å². The zero-order chi connectivity index (χ0) is 24.5. The van der Waals surface area contributed by atoms with Gasteiger partial charge in [0.15, 0.2) is 0 Å². The summed E-state index contributed by atoms with van der Waals surface area (Å²) in [5, 5.41) is 0. The smallest absolute Gasteiger partial charge is 0.114 e. The number of fused-ring (bicyclic) bond motifs is 1. The lowest BCUT2D eigenvalue weighted by atomic mass is 9.88. The minimum absolute atomic E-state index is 0.0288. The van der Waals surface area contributed by atoms with Crippen LogP contribution >= 0.6 is 0 Å². The molecule has 0 aromatic rings. The van der Waals surface area contributed by atoms with Crippen LogP contribution in [0.5, 0.6) is 0 Å². The number of nitrogens with two attached hydrogens (primary N) is 2. The highest BCUT2D eigenvalue weighted by atomic mass is 19.1. The van der Waals surface area contributed by atoms with Crippen molar-refractivity contribution in [2.24, 2.45) is 23.3 Å². The third kappa shape index (κ3) is 10.1. The molecule has 3 saturated heterocycles. The Balaban J connectivity index is 0.000000176. The molecule has 0 amide bonds. The van der Waals surface area contributed by atoms with E-state index in [-0.39, 0.29) is 6.04 Å². The normalized spacial score (nSPS) is 34.0. The average Bonchev–Trinajstić information content (AvgIpc) is 3.22. The first-order chi connectivity index (χ1) is 15.6. The molecule has 4 fully saturated rings. The lowest BCUT2D eigenvalue weighted by Crippen LogP contribution is -2.50. The summed E-state index contributed by atoms with van der Waals surface area (Å²) in [6.07, 6.45) is 8.31. The summed E-state index contributed by atoms with van der Waals surface area (Å²) in [5.74, 6) is 2.15. The van der Waals surface area contributed by atoms with Crippen LogP contribution in [-0.2, 0) is 0 Å². The second-order valence-electron chi connectivity index (χ2n) is 12.0. The number of hydrogen-bond donors (Lipinski definition) is 2. The van der Waals surface area contributed by atoms with Crippen molar-refractivity contribution in [3.63, 3.8) is 0 Å². The second kappa shape index (κ2) is 14.3. The fourth-order valence-electron chi connectivity index (χ4n) is 5.97. The van der Waals surface area contributed by atoms with Gasteiger partial charge in [0.2, 0.25) is 0 Å². The molecule has 196 valence electrons. The molecule has 0 radical (unpaired) electrons. The highest BCUT2D eigenvalue weighted by molar-refractivity contribution is 4.86. The van der Waals surface area contributed by atoms with Crippen molar-refractivity contribution in [2.45, 2.75) is 123 Å². The summed E-state index contributed by atoms with van der Waals surface area (Å²) in [7, 11) is 0. The van der Waals surface area contributed by atoms with E-state index in [2.05, 4.69) is 56.2 Å². The summed E-state index contributed by atoms with van der Waals surface area (Å²) in [6.45, 7) is 19.8. The third-order valence-electron chi connectivity index (χ3n) is 8.21. The molecular weight excluding hydrogens is 413 g/mol. The van der Waals surface area contributed by atoms with E-state index in [1.54, 1.807) is 0 Å². The predicted octanol–water partition coefficient (Wildman–Crippen LogP) is 4.10. The first-order valence-electron chi connectivity index (χ1n) is 13.9. The predicted molar refractivity (Wildman–Crippen MR) is 140 cm³/mol. The van der Waals surface area contributed by atoms with Crippen molar-refractivity contribution >= 4 is 0 Å². The van der Waals surface area contributed by atoms with Gasteiger partial charge in [-0.2, -0.15) is 0 Å². The maximum Gasteiger partial charge on any atom is 0.114 e. The van der Waals surface area contributed by atoms with Gasteiger partial charge < -0.3 is 16.4 Å². The molecule has 0 bridgehead atoms. The van der Waals surface area contributed by atoms with Crippen molar-refractivity contribution in [1.29, 1.82) is 0 Å². The summed E-state index contributed by atoms with van der Waals surface area (Å²) >= 11 is 0. The van der Waals surface area contributed by atoms with E-state index < -0.39 is 6.17 Å². The molecule has 5 atom stereocenters. The molecule has 1 saturated carbocycles. The summed E-state index contributed by atoms with van der Waals surface area (Å²) < 4.78 is 12.9. The lowest BCUT2D eigenvalue weighted by molar-refractivity contribution is 0.0987. The Kier molecular flexibility index (Phi) is 12.6. The van der Waals surface area contributed by atoms with E-state index in [4.69, 9.17) is 11.5 Å². The molecule has 5 nitrogen and oxygen atoms in total. The van der Waals surface area contributed by atoms with Crippen LogP contribution in [0.1, 0.15) is 86.5 Å². The lowest BCUT2D eigenvalue weighted by Gasteiger charge is -2.37. The SMILES string of the molecule is CC(C)N1CC(N)CC(F)C1.CC(C)N1CCC2CCCC2C1.CC(C)N1CCCC(N)C1. The Morgan fingerprint density at radius 3 is 1.73 bits per heavy atom. The molecule has 3 heterocycles. The van der Waals surface area contributed by atoms with E-state index in [0.717, 1.165) is 31.0 Å². The zero-order valence-electron chi connectivity index (χ0n) is 22.7. The minimum Gasteiger partial charge on any atom is -0.327 e. The standard InChI is InChI=1S/C11H21N.C8H17FN2.C8H18N2/c1-9(2)12-7-6-10-4-3-5-11(10)8-12;1-6(2)11-4-7(9)3-8(10)5-11;1-7(2)10-5-3-4-8(9)6-10/h9-11H,3-8H2,1-2H3;6-8H,3-5,10H2,1-2H3;7-8H,3-6,9H2,1-2H3. The second-order valence-corrected chi connectivity index (χ2v) is 12.0. The third-order valence-corrected chi connectivity index (χ3v) is 8.21. The number of likely N-dealkylation sites (tertiary alicyclic amines) is 3. The Bertz CT molecular complexity index is 519. The first-order valence-corrected chi connectivity index (χ1v) is 13.9. The van der Waals surface area contributed by atoms with Gasteiger partial charge in [-0.25, -0.2) is 4.39 Å². The molecule has 6 heteroatoms. The van der Waals surface area contributed by atoms with Crippen molar-refractivity contribution in [3.05, 3.63) is 0 Å². The van der Waals surface area contributed by atoms with Crippen LogP contribution in [0, 0.1) is 11.8 Å². The van der Waals surface area contributed by atoms with Crippen molar-refractivity contribution < 1.29 is 4.39 Å². The fraction of sp³-hybridized carbons (Fsp3) is 1.00. The summed E-state index contributed by atoms with van der Waals surface area (Å²) in [5.41, 5.74) is 11.5. The van der Waals surface area contributed by atoms with E-state index >= 15 is 0 Å². The molecule has 33 heavy (non-hydrogen) atoms. The van der Waals surface area contributed by atoms with Crippen LogP contribution in [0.3, 0.4) is 0 Å². The maximum absolute atomic E-state index is 12.9. The highest BCUT2D eigenvalue weighted by Gasteiger charge is 2.33. The van der Waals surface area contributed by atoms with Gasteiger partial charge in [0, 0.05) is 56.4 Å². The molecule has 3 aliphatic heterocycles. The van der Waals surface area contributed by atoms with Crippen LogP contribution in [0.25, 0.3) is 0 Å². The molecule has 5 unspecified atom stereocenters. The van der Waals surface area contributed by atoms with E-state index in [1.165, 1.54) is 58.2 Å². The van der Waals surface area contributed by atoms with Gasteiger partial charge in [-0.05, 0) is 98.6 Å². The van der Waals surface area contributed by atoms with Gasteiger partial charge in [0.25, 0.3) is 0 Å². The molecule has 0 aromatic heterocycles. The maximum atomic E-state index is 12.9. The van der Waals surface area contributed by atoms with Crippen LogP contribution in [0.15, 0.2) is 0 Å². The molecular formula is C27H56FN5. The highest BCUT2D eigenvalue weighted by Crippen LogP contribution is 2.38. The summed E-state index contributed by atoms with van der Waals surface area (Å²) in [4.78, 5) is 7.21. The number of alkyl halides is 1. The summed E-state index contributed by atoms with van der Waals surface area (Å²) in [6, 6.07) is 2.31. The topological polar surface area (TPSA) is 61.8 Å². The first kappa shape index (κ1) is 29.0. The number of rotatable bonds is 3. The number of piperidine rings is 3. The van der Waals surface area contributed by atoms with E-state index in [9.17, 15) is 4.39 Å². The monoisotopic (exact) mass is 469 g/mol. The van der Waals surface area contributed by atoms with Gasteiger partial charge in [-0.1, -0.05) is 12.8 Å².